The normalized spacial score (nSPS) is 12.3. The molecule has 0 aliphatic rings. The minimum absolute atomic E-state index is 0.0974. The van der Waals surface area contributed by atoms with E-state index < -0.39 is 30.2 Å². The highest BCUT2D eigenvalue weighted by molar-refractivity contribution is 5.71. The molecule has 1 heterocycles. The monoisotopic (exact) mass is 492 g/mol. The van der Waals surface area contributed by atoms with Gasteiger partial charge in [-0.15, -0.1) is 0 Å². The number of benzene rings is 1. The zero-order valence-corrected chi connectivity index (χ0v) is 19.9. The highest BCUT2D eigenvalue weighted by Crippen LogP contribution is 2.42. The van der Waals surface area contributed by atoms with E-state index >= 15 is 0 Å². The molecule has 0 spiro atoms. The van der Waals surface area contributed by atoms with Crippen molar-refractivity contribution < 1.29 is 41.4 Å². The van der Waals surface area contributed by atoms with Crippen molar-refractivity contribution in [3.63, 3.8) is 0 Å². The average Bonchev–Trinajstić information content (AvgIpc) is 2.94. The number of halogens is 5. The fourth-order valence-electron chi connectivity index (χ4n) is 3.44. The number of carbonyl (C=O) groups excluding carboxylic acids is 2. The van der Waals surface area contributed by atoms with Crippen LogP contribution >= 0.6 is 0 Å². The molecule has 1 N–H and O–H groups in total. The van der Waals surface area contributed by atoms with Crippen LogP contribution in [0.25, 0.3) is 11.3 Å². The third-order valence-electron chi connectivity index (χ3n) is 5.09. The zero-order valence-electron chi connectivity index (χ0n) is 19.9. The van der Waals surface area contributed by atoms with Crippen molar-refractivity contribution in [1.82, 2.24) is 9.78 Å². The largest absolute Gasteiger partial charge is 0.434 e. The van der Waals surface area contributed by atoms with E-state index in [2.05, 4.69) is 5.10 Å². The van der Waals surface area contributed by atoms with Gasteiger partial charge in [-0.3, -0.25) is 4.68 Å². The summed E-state index contributed by atoms with van der Waals surface area (Å²) in [7, 11) is 0. The third-order valence-corrected chi connectivity index (χ3v) is 5.09. The van der Waals surface area contributed by atoms with Crippen LogP contribution in [0, 0.1) is 12.3 Å². The van der Waals surface area contributed by atoms with Crippen molar-refractivity contribution in [1.29, 1.82) is 0 Å². The van der Waals surface area contributed by atoms with Gasteiger partial charge in [0.1, 0.15) is 5.75 Å². The summed E-state index contributed by atoms with van der Waals surface area (Å²) in [6, 6.07) is 4.18. The number of aryl methyl sites for hydroxylation is 1. The number of ether oxygens (including phenoxy) is 1. The first-order chi connectivity index (χ1) is 15.5. The van der Waals surface area contributed by atoms with Crippen LogP contribution in [0.1, 0.15) is 51.4 Å². The molecule has 1 aromatic carbocycles. The fraction of sp³-hybridized carbons (Fsp3) is 0.565. The van der Waals surface area contributed by atoms with Crippen molar-refractivity contribution in [2.75, 3.05) is 0 Å². The quantitative estimate of drug-likeness (QED) is 0.503. The number of hydrogen-bond acceptors (Lipinski definition) is 5. The second-order valence-electron chi connectivity index (χ2n) is 9.09. The molecule has 0 aliphatic carbocycles. The Morgan fingerprint density at radius 3 is 2.15 bits per heavy atom. The van der Waals surface area contributed by atoms with E-state index in [1.165, 1.54) is 22.9 Å². The van der Waals surface area contributed by atoms with Crippen LogP contribution in [0.5, 0.6) is 5.75 Å². The number of aliphatic hydroxyl groups is 1. The molecular formula is C23H29F5N2O4. The van der Waals surface area contributed by atoms with E-state index in [0.29, 0.717) is 12.1 Å². The van der Waals surface area contributed by atoms with Gasteiger partial charge in [0, 0.05) is 5.56 Å². The molecule has 6 nitrogen and oxygen atoms in total. The summed E-state index contributed by atoms with van der Waals surface area (Å²) in [4.78, 5) is 16.2. The maximum absolute atomic E-state index is 13.3. The second-order valence-corrected chi connectivity index (χ2v) is 9.09. The van der Waals surface area contributed by atoms with Gasteiger partial charge >= 0.3 is 18.9 Å². The van der Waals surface area contributed by atoms with Crippen LogP contribution in [-0.4, -0.2) is 39.4 Å². The Hall–Kier alpha value is -2.78. The van der Waals surface area contributed by atoms with Gasteiger partial charge in [-0.05, 0) is 56.9 Å². The van der Waals surface area contributed by atoms with E-state index in [1.54, 1.807) is 20.8 Å². The van der Waals surface area contributed by atoms with Crippen LogP contribution in [0.3, 0.4) is 0 Å². The Kier molecular flexibility index (Phi) is 9.55. The number of nitrogens with zero attached hydrogens (tertiary/aromatic N) is 2. The van der Waals surface area contributed by atoms with E-state index in [1.807, 2.05) is 6.92 Å². The van der Waals surface area contributed by atoms with Gasteiger partial charge in [0.25, 0.3) is 0 Å². The first-order valence-corrected chi connectivity index (χ1v) is 10.4. The van der Waals surface area contributed by atoms with E-state index in [4.69, 9.17) is 14.3 Å². The predicted octanol–water partition coefficient (Wildman–Crippen LogP) is 5.34. The third kappa shape index (κ3) is 7.63. The Bertz CT molecular complexity index is 1000. The lowest BCUT2D eigenvalue weighted by Crippen LogP contribution is -2.34. The van der Waals surface area contributed by atoms with Gasteiger partial charge in [-0.25, -0.2) is 0 Å². The molecule has 0 aliphatic heterocycles. The van der Waals surface area contributed by atoms with E-state index in [0.717, 1.165) is 25.1 Å². The Morgan fingerprint density at radius 1 is 1.15 bits per heavy atom. The van der Waals surface area contributed by atoms with Crippen LogP contribution in [-0.2, 0) is 29.0 Å². The summed E-state index contributed by atoms with van der Waals surface area (Å²) in [5, 5.41) is 14.7. The minimum Gasteiger partial charge on any atom is -0.434 e. The molecular weight excluding hydrogens is 463 g/mol. The fourth-order valence-corrected chi connectivity index (χ4v) is 3.44. The molecule has 0 radical (unpaired) electrons. The lowest BCUT2D eigenvalue weighted by Gasteiger charge is -2.28. The number of hydrogen-bond donors (Lipinski definition) is 1. The van der Waals surface area contributed by atoms with Gasteiger partial charge < -0.3 is 9.84 Å². The Balaban J connectivity index is 0.00000182. The van der Waals surface area contributed by atoms with Crippen molar-refractivity contribution in [2.24, 2.45) is 5.41 Å². The topological polar surface area (TPSA) is 81.4 Å². The summed E-state index contributed by atoms with van der Waals surface area (Å²) >= 11 is 0. The summed E-state index contributed by atoms with van der Waals surface area (Å²) in [5.74, 6) is -0.229. The summed E-state index contributed by atoms with van der Waals surface area (Å²) < 4.78 is 72.4. The molecule has 1 aromatic heterocycles. The van der Waals surface area contributed by atoms with Gasteiger partial charge in [0.05, 0.1) is 28.9 Å². The predicted molar refractivity (Wildman–Crippen MR) is 113 cm³/mol. The molecule has 11 heteroatoms. The zero-order chi connectivity index (χ0) is 26.5. The van der Waals surface area contributed by atoms with Crippen LogP contribution in [0.2, 0.25) is 0 Å². The van der Waals surface area contributed by atoms with Gasteiger partial charge in [-0.1, -0.05) is 26.8 Å². The minimum atomic E-state index is -4.45. The molecule has 0 saturated carbocycles. The van der Waals surface area contributed by atoms with Crippen LogP contribution < -0.4 is 4.74 Å². The number of alkyl halides is 5. The van der Waals surface area contributed by atoms with Crippen molar-refractivity contribution >= 4 is 6.15 Å². The van der Waals surface area contributed by atoms with Crippen molar-refractivity contribution in [2.45, 2.75) is 79.3 Å². The van der Waals surface area contributed by atoms with Gasteiger partial charge in [-0.2, -0.15) is 36.6 Å². The molecule has 0 atom stereocenters. The highest BCUT2D eigenvalue weighted by Gasteiger charge is 2.47. The molecule has 2 rings (SSSR count). The lowest BCUT2D eigenvalue weighted by atomic mass is 9.84. The first-order valence-electron chi connectivity index (χ1n) is 10.4. The van der Waals surface area contributed by atoms with Gasteiger partial charge in [0.2, 0.25) is 0 Å². The molecule has 0 unspecified atom stereocenters. The van der Waals surface area contributed by atoms with Gasteiger partial charge in [0.15, 0.2) is 0 Å². The molecule has 0 saturated heterocycles. The number of rotatable bonds is 8. The maximum Gasteiger partial charge on any atom is 0.394 e. The highest BCUT2D eigenvalue weighted by atomic mass is 19.4. The second kappa shape index (κ2) is 11.1. The number of aromatic nitrogens is 2. The van der Waals surface area contributed by atoms with E-state index in [-0.39, 0.29) is 29.6 Å². The SMILES string of the molecule is CCc1nn(CC(C)(C)O)c(-c2ccc(CC(C)(C)C(F)(F)F)cc2OC(F)F)c1C.O=C=O. The van der Waals surface area contributed by atoms with Crippen molar-refractivity contribution in [3.8, 4) is 17.0 Å². The molecule has 34 heavy (non-hydrogen) atoms. The first kappa shape index (κ1) is 29.3. The van der Waals surface area contributed by atoms with Crippen molar-refractivity contribution in [3.05, 3.63) is 35.0 Å². The molecule has 0 fully saturated rings. The smallest absolute Gasteiger partial charge is 0.394 e. The summed E-state index contributed by atoms with van der Waals surface area (Å²) in [5.41, 5.74) is -0.718. The van der Waals surface area contributed by atoms with Crippen LogP contribution in [0.4, 0.5) is 22.0 Å². The lowest BCUT2D eigenvalue weighted by molar-refractivity contribution is -0.211. The molecule has 2 aromatic rings. The summed E-state index contributed by atoms with van der Waals surface area (Å²) in [6.07, 6.45) is -4.01. The standard InChI is InChI=1S/C22H29F5N2O2.CO2/c1-7-16-13(2)18(29(28-16)12-21(5,6)30)15-9-8-14(10-17(15)31-19(23)24)11-20(3,4)22(25,26)27;2-1-3/h8-10,19,30H,7,11-12H2,1-6H3;. The molecule has 0 amide bonds. The molecule has 0 bridgehead atoms. The van der Waals surface area contributed by atoms with E-state index in [9.17, 15) is 27.1 Å². The van der Waals surface area contributed by atoms with Crippen LogP contribution in [0.15, 0.2) is 18.2 Å². The summed E-state index contributed by atoms with van der Waals surface area (Å²) in [6.45, 7) is 5.94. The molecule has 190 valence electrons. The average molecular weight is 492 g/mol. The maximum atomic E-state index is 13.3. The Morgan fingerprint density at radius 2 is 1.71 bits per heavy atom. The Labute approximate surface area is 194 Å².